The van der Waals surface area contributed by atoms with Gasteiger partial charge in [-0.25, -0.2) is 4.98 Å². The Morgan fingerprint density at radius 3 is 2.00 bits per heavy atom. The van der Waals surface area contributed by atoms with Crippen molar-refractivity contribution in [2.45, 2.75) is 43.7 Å². The zero-order chi connectivity index (χ0) is 27.8. The van der Waals surface area contributed by atoms with Crippen LogP contribution in [0.3, 0.4) is 0 Å². The van der Waals surface area contributed by atoms with E-state index >= 15 is 0 Å². The Balaban J connectivity index is 2.08. The fourth-order valence-corrected chi connectivity index (χ4v) is 3.82. The third-order valence-electron chi connectivity index (χ3n) is 5.71. The fourth-order valence-electron chi connectivity index (χ4n) is 3.49. The Morgan fingerprint density at radius 2 is 1.49 bits per heavy atom. The molecule has 3 rings (SSSR count). The third-order valence-corrected chi connectivity index (χ3v) is 6.27. The van der Waals surface area contributed by atoms with Gasteiger partial charge >= 0.3 is 12.4 Å². The second kappa shape index (κ2) is 10.2. The summed E-state index contributed by atoms with van der Waals surface area (Å²) >= 11 is 1.22. The molecule has 198 valence electrons. The first-order valence-electron chi connectivity index (χ1n) is 10.8. The molecule has 1 amide bonds. The standard InChI is InChI=1S/C25H23F6N3O2S/c1-14-8-6-7-9-19(14)36-20-18(13-32-22(33-20)37-5)34(4)21(35)23(2,3)15-10-16(24(26,27)28)12-17(11-15)25(29,30)31/h6-13H,1-5H3. The van der Waals surface area contributed by atoms with Gasteiger partial charge in [0.1, 0.15) is 11.4 Å². The van der Waals surface area contributed by atoms with Crippen molar-refractivity contribution in [3.05, 3.63) is 70.9 Å². The van der Waals surface area contributed by atoms with E-state index < -0.39 is 40.4 Å². The van der Waals surface area contributed by atoms with Gasteiger partial charge in [0.25, 0.3) is 0 Å². The highest BCUT2D eigenvalue weighted by atomic mass is 32.2. The number of carbonyl (C=O) groups excluding carboxylic acids is 1. The molecule has 1 aromatic heterocycles. The molecule has 0 spiro atoms. The minimum Gasteiger partial charge on any atom is -0.437 e. The molecule has 0 bridgehead atoms. The number of ether oxygens (including phenoxy) is 1. The van der Waals surface area contributed by atoms with E-state index in [4.69, 9.17) is 4.74 Å². The van der Waals surface area contributed by atoms with Gasteiger partial charge in [0.15, 0.2) is 5.16 Å². The number of thioether (sulfide) groups is 1. The lowest BCUT2D eigenvalue weighted by Gasteiger charge is -2.31. The highest BCUT2D eigenvalue weighted by Gasteiger charge is 2.41. The summed E-state index contributed by atoms with van der Waals surface area (Å²) in [7, 11) is 1.32. The molecule has 0 saturated heterocycles. The largest absolute Gasteiger partial charge is 0.437 e. The second-order valence-corrected chi connectivity index (χ2v) is 9.47. The molecule has 0 N–H and O–H groups in total. The molecule has 5 nitrogen and oxygen atoms in total. The number of rotatable bonds is 6. The molecule has 0 aliphatic rings. The molecule has 2 aromatic carbocycles. The molecule has 0 aliphatic heterocycles. The zero-order valence-electron chi connectivity index (χ0n) is 20.5. The summed E-state index contributed by atoms with van der Waals surface area (Å²) in [5.74, 6) is -0.349. The van der Waals surface area contributed by atoms with Gasteiger partial charge in [-0.1, -0.05) is 30.0 Å². The maximum Gasteiger partial charge on any atom is 0.416 e. The molecule has 0 fully saturated rings. The van der Waals surface area contributed by atoms with Crippen molar-refractivity contribution in [1.29, 1.82) is 0 Å². The number of hydrogen-bond acceptors (Lipinski definition) is 5. The average Bonchev–Trinajstić information content (AvgIpc) is 2.83. The third kappa shape index (κ3) is 6.17. The van der Waals surface area contributed by atoms with Crippen LogP contribution in [-0.4, -0.2) is 29.2 Å². The molecule has 0 aliphatic carbocycles. The van der Waals surface area contributed by atoms with E-state index in [0.717, 1.165) is 10.5 Å². The van der Waals surface area contributed by atoms with Gasteiger partial charge < -0.3 is 9.64 Å². The first kappa shape index (κ1) is 28.3. The lowest BCUT2D eigenvalue weighted by molar-refractivity contribution is -0.143. The van der Waals surface area contributed by atoms with Crippen LogP contribution in [0.15, 0.2) is 53.8 Å². The summed E-state index contributed by atoms with van der Waals surface area (Å²) in [6, 6.07) is 8.17. The topological polar surface area (TPSA) is 55.3 Å². The molecule has 37 heavy (non-hydrogen) atoms. The number of anilines is 1. The van der Waals surface area contributed by atoms with Crippen molar-refractivity contribution in [2.24, 2.45) is 0 Å². The van der Waals surface area contributed by atoms with Crippen LogP contribution in [0.25, 0.3) is 0 Å². The Labute approximate surface area is 213 Å². The quantitative estimate of drug-likeness (QED) is 0.186. The Bertz CT molecular complexity index is 1280. The van der Waals surface area contributed by atoms with E-state index in [2.05, 4.69) is 9.97 Å². The van der Waals surface area contributed by atoms with Gasteiger partial charge in [0.2, 0.25) is 11.8 Å². The lowest BCUT2D eigenvalue weighted by atomic mass is 9.81. The Kier molecular flexibility index (Phi) is 7.83. The Morgan fingerprint density at radius 1 is 0.946 bits per heavy atom. The second-order valence-electron chi connectivity index (χ2n) is 8.70. The van der Waals surface area contributed by atoms with Crippen molar-refractivity contribution in [2.75, 3.05) is 18.2 Å². The van der Waals surface area contributed by atoms with E-state index in [9.17, 15) is 31.1 Å². The number of halogens is 6. The highest BCUT2D eigenvalue weighted by molar-refractivity contribution is 7.98. The number of carbonyl (C=O) groups is 1. The molecule has 3 aromatic rings. The molecule has 1 heterocycles. The zero-order valence-corrected chi connectivity index (χ0v) is 21.3. The van der Waals surface area contributed by atoms with E-state index in [0.29, 0.717) is 23.0 Å². The van der Waals surface area contributed by atoms with E-state index in [1.165, 1.54) is 38.9 Å². The van der Waals surface area contributed by atoms with E-state index in [-0.39, 0.29) is 17.6 Å². The van der Waals surface area contributed by atoms with Crippen LogP contribution in [0.1, 0.15) is 36.1 Å². The molecule has 12 heteroatoms. The molecule has 0 atom stereocenters. The molecular formula is C25H23F6N3O2S. The summed E-state index contributed by atoms with van der Waals surface area (Å²) in [4.78, 5) is 23.1. The molecule has 0 saturated carbocycles. The van der Waals surface area contributed by atoms with Crippen LogP contribution in [0.4, 0.5) is 32.0 Å². The molecule has 0 unspecified atom stereocenters. The fraction of sp³-hybridized carbons (Fsp3) is 0.320. The van der Waals surface area contributed by atoms with Crippen LogP contribution in [-0.2, 0) is 22.6 Å². The molecule has 0 radical (unpaired) electrons. The summed E-state index contributed by atoms with van der Waals surface area (Å²) in [6.45, 7) is 4.30. The number of aromatic nitrogens is 2. The predicted octanol–water partition coefficient (Wildman–Crippen LogP) is 7.28. The van der Waals surface area contributed by atoms with Crippen molar-refractivity contribution in [3.63, 3.8) is 0 Å². The van der Waals surface area contributed by atoms with Gasteiger partial charge in [-0.2, -0.15) is 31.3 Å². The lowest BCUT2D eigenvalue weighted by Crippen LogP contribution is -2.42. The van der Waals surface area contributed by atoms with E-state index in [1.54, 1.807) is 37.4 Å². The summed E-state index contributed by atoms with van der Waals surface area (Å²) in [5, 5.41) is 0.333. The van der Waals surface area contributed by atoms with Crippen LogP contribution in [0.5, 0.6) is 11.6 Å². The van der Waals surface area contributed by atoms with Gasteiger partial charge in [0.05, 0.1) is 22.7 Å². The maximum atomic E-state index is 13.6. The minimum absolute atomic E-state index is 0.000299. The number of alkyl halides is 6. The minimum atomic E-state index is -5.04. The monoisotopic (exact) mass is 543 g/mol. The summed E-state index contributed by atoms with van der Waals surface area (Å²) < 4.78 is 86.4. The number of amides is 1. The van der Waals surface area contributed by atoms with Crippen LogP contribution < -0.4 is 9.64 Å². The number of aryl methyl sites for hydroxylation is 1. The van der Waals surface area contributed by atoms with Gasteiger partial charge in [-0.3, -0.25) is 4.79 Å². The first-order chi connectivity index (χ1) is 17.1. The van der Waals surface area contributed by atoms with Gasteiger partial charge in [-0.15, -0.1) is 0 Å². The van der Waals surface area contributed by atoms with Gasteiger partial charge in [-0.05, 0) is 62.4 Å². The SMILES string of the molecule is CSc1ncc(N(C)C(=O)C(C)(C)c2cc(C(F)(F)F)cc(C(F)(F)F)c2)c(Oc2ccccc2C)n1. The van der Waals surface area contributed by atoms with Crippen LogP contribution in [0.2, 0.25) is 0 Å². The van der Waals surface area contributed by atoms with Crippen LogP contribution in [0, 0.1) is 6.92 Å². The number of hydrogen-bond donors (Lipinski definition) is 0. The van der Waals surface area contributed by atoms with Crippen LogP contribution >= 0.6 is 11.8 Å². The van der Waals surface area contributed by atoms with Crippen molar-refractivity contribution < 1.29 is 35.9 Å². The number of likely N-dealkylation sites (N-methyl/N-ethyl adjacent to an activating group) is 1. The Hall–Kier alpha value is -3.28. The van der Waals surface area contributed by atoms with Crippen molar-refractivity contribution >= 4 is 23.4 Å². The van der Waals surface area contributed by atoms with Gasteiger partial charge in [0, 0.05) is 7.05 Å². The highest BCUT2D eigenvalue weighted by Crippen LogP contribution is 2.40. The predicted molar refractivity (Wildman–Crippen MR) is 128 cm³/mol. The van der Waals surface area contributed by atoms with Crippen molar-refractivity contribution in [1.82, 2.24) is 9.97 Å². The summed E-state index contributed by atoms with van der Waals surface area (Å²) in [5.41, 5.74) is -4.39. The number of nitrogens with zero attached hydrogens (tertiary/aromatic N) is 3. The number of benzene rings is 2. The first-order valence-corrected chi connectivity index (χ1v) is 12.0. The number of para-hydroxylation sites is 1. The maximum absolute atomic E-state index is 13.6. The molecular weight excluding hydrogens is 520 g/mol. The van der Waals surface area contributed by atoms with Crippen molar-refractivity contribution in [3.8, 4) is 11.6 Å². The van der Waals surface area contributed by atoms with E-state index in [1.807, 2.05) is 0 Å². The smallest absolute Gasteiger partial charge is 0.416 e. The summed E-state index contributed by atoms with van der Waals surface area (Å²) in [6.07, 6.45) is -7.04. The average molecular weight is 544 g/mol. The normalized spacial score (nSPS) is 12.4.